The number of fused-ring (bicyclic) bond motifs is 1. The van der Waals surface area contributed by atoms with Gasteiger partial charge in [0, 0.05) is 23.7 Å². The fourth-order valence-corrected chi connectivity index (χ4v) is 4.13. The zero-order chi connectivity index (χ0) is 22.4. The van der Waals surface area contributed by atoms with Crippen molar-refractivity contribution < 1.29 is 19.0 Å². The van der Waals surface area contributed by atoms with E-state index in [1.54, 1.807) is 43.4 Å². The van der Waals surface area contributed by atoms with E-state index in [-0.39, 0.29) is 24.9 Å². The third-order valence-corrected chi connectivity index (χ3v) is 5.87. The predicted octanol–water partition coefficient (Wildman–Crippen LogP) is 4.75. The number of benzene rings is 2. The Labute approximate surface area is 203 Å². The van der Waals surface area contributed by atoms with Crippen LogP contribution in [0.15, 0.2) is 36.4 Å². The monoisotopic (exact) mass is 499 g/mol. The van der Waals surface area contributed by atoms with Crippen LogP contribution in [0.1, 0.15) is 6.42 Å². The molecule has 0 saturated carbocycles. The lowest BCUT2D eigenvalue weighted by Gasteiger charge is -2.21. The van der Waals surface area contributed by atoms with E-state index in [1.807, 2.05) is 26.2 Å². The summed E-state index contributed by atoms with van der Waals surface area (Å²) in [5.74, 6) is 1.65. The molecule has 32 heavy (non-hydrogen) atoms. The zero-order valence-corrected chi connectivity index (χ0v) is 20.9. The van der Waals surface area contributed by atoms with E-state index in [4.69, 9.17) is 25.8 Å². The maximum absolute atomic E-state index is 13.1. The lowest BCUT2D eigenvalue weighted by molar-refractivity contribution is -0.120. The minimum atomic E-state index is -0.160. The first-order valence-corrected chi connectivity index (χ1v) is 11.0. The maximum atomic E-state index is 13.1. The molecule has 3 rings (SSSR count). The average Bonchev–Trinajstić information content (AvgIpc) is 3.17. The maximum Gasteiger partial charge on any atom is 0.266 e. The molecule has 2 aromatic carbocycles. The standard InChI is InChI=1S/C22H26ClN3O4S.ClH/c1-25(2)10-5-11-26(21(27)14-30-16-8-6-15(23)7-9-16)22-24-17-12-18(28-3)19(29-4)13-20(17)31-22;/h6-9,12-13H,5,10-11,14H2,1-4H3;1H. The first-order valence-electron chi connectivity index (χ1n) is 9.77. The molecular formula is C22H27Cl2N3O4S. The van der Waals surface area contributed by atoms with E-state index in [0.29, 0.717) is 33.9 Å². The Bertz CT molecular complexity index is 987. The molecule has 0 aliphatic heterocycles. The molecule has 0 unspecified atom stereocenters. The van der Waals surface area contributed by atoms with Crippen molar-refractivity contribution in [3.05, 3.63) is 41.4 Å². The summed E-state index contributed by atoms with van der Waals surface area (Å²) in [6, 6.07) is 10.6. The van der Waals surface area contributed by atoms with E-state index >= 15 is 0 Å². The predicted molar refractivity (Wildman–Crippen MR) is 132 cm³/mol. The summed E-state index contributed by atoms with van der Waals surface area (Å²) in [6.45, 7) is 1.30. The molecule has 0 aliphatic carbocycles. The summed E-state index contributed by atoms with van der Waals surface area (Å²) >= 11 is 7.35. The number of aromatic nitrogens is 1. The van der Waals surface area contributed by atoms with Crippen molar-refractivity contribution >= 4 is 56.6 Å². The number of rotatable bonds is 10. The van der Waals surface area contributed by atoms with Crippen LogP contribution in [0, 0.1) is 0 Å². The van der Waals surface area contributed by atoms with Crippen molar-refractivity contribution in [1.82, 2.24) is 9.88 Å². The second kappa shape index (κ2) is 12.1. The molecule has 0 N–H and O–H groups in total. The van der Waals surface area contributed by atoms with Gasteiger partial charge >= 0.3 is 0 Å². The lowest BCUT2D eigenvalue weighted by Crippen LogP contribution is -2.36. The highest BCUT2D eigenvalue weighted by molar-refractivity contribution is 7.22. The van der Waals surface area contributed by atoms with Gasteiger partial charge in [0.2, 0.25) is 0 Å². The van der Waals surface area contributed by atoms with E-state index in [1.165, 1.54) is 11.3 Å². The number of halogens is 2. The zero-order valence-electron chi connectivity index (χ0n) is 18.5. The van der Waals surface area contributed by atoms with Crippen LogP contribution in [0.2, 0.25) is 5.02 Å². The van der Waals surface area contributed by atoms with Crippen LogP contribution in [-0.2, 0) is 4.79 Å². The SMILES string of the molecule is COc1cc2nc(N(CCCN(C)C)C(=O)COc3ccc(Cl)cc3)sc2cc1OC.Cl. The summed E-state index contributed by atoms with van der Waals surface area (Å²) < 4.78 is 17.3. The number of hydrogen-bond donors (Lipinski definition) is 0. The van der Waals surface area contributed by atoms with Gasteiger partial charge in [0.25, 0.3) is 5.91 Å². The van der Waals surface area contributed by atoms with E-state index in [0.717, 1.165) is 23.2 Å². The van der Waals surface area contributed by atoms with Gasteiger partial charge in [-0.1, -0.05) is 22.9 Å². The lowest BCUT2D eigenvalue weighted by atomic mass is 10.3. The van der Waals surface area contributed by atoms with Crippen molar-refractivity contribution in [2.24, 2.45) is 0 Å². The summed E-state index contributed by atoms with van der Waals surface area (Å²) in [5.41, 5.74) is 0.752. The molecule has 1 amide bonds. The third kappa shape index (κ3) is 6.62. The number of hydrogen-bond acceptors (Lipinski definition) is 7. The van der Waals surface area contributed by atoms with Gasteiger partial charge in [0.15, 0.2) is 23.2 Å². The number of methoxy groups -OCH3 is 2. The van der Waals surface area contributed by atoms with Crippen molar-refractivity contribution in [3.63, 3.8) is 0 Å². The number of nitrogens with zero attached hydrogens (tertiary/aromatic N) is 3. The minimum absolute atomic E-state index is 0. The van der Waals surface area contributed by atoms with Gasteiger partial charge < -0.3 is 19.1 Å². The molecule has 0 saturated heterocycles. The first-order chi connectivity index (χ1) is 14.9. The van der Waals surface area contributed by atoms with Crippen LogP contribution in [0.4, 0.5) is 5.13 Å². The van der Waals surface area contributed by atoms with Crippen molar-refractivity contribution in [3.8, 4) is 17.2 Å². The highest BCUT2D eigenvalue weighted by atomic mass is 35.5. The van der Waals surface area contributed by atoms with Gasteiger partial charge in [-0.2, -0.15) is 0 Å². The molecule has 0 bridgehead atoms. The molecular weight excluding hydrogens is 473 g/mol. The molecule has 1 aromatic heterocycles. The van der Waals surface area contributed by atoms with Crippen molar-refractivity contribution in [2.45, 2.75) is 6.42 Å². The number of thiazole rings is 1. The Morgan fingerprint density at radius 1 is 1.06 bits per heavy atom. The molecule has 0 aliphatic rings. The minimum Gasteiger partial charge on any atom is -0.493 e. The highest BCUT2D eigenvalue weighted by Gasteiger charge is 2.21. The number of anilines is 1. The number of carbonyl (C=O) groups is 1. The quantitative estimate of drug-likeness (QED) is 0.400. The Balaban J connectivity index is 0.00000363. The van der Waals surface area contributed by atoms with E-state index in [2.05, 4.69) is 9.88 Å². The average molecular weight is 500 g/mol. The molecule has 1 heterocycles. The third-order valence-electron chi connectivity index (χ3n) is 4.58. The van der Waals surface area contributed by atoms with Crippen molar-refractivity contribution in [1.29, 1.82) is 0 Å². The second-order valence-corrected chi connectivity index (χ2v) is 8.56. The fraction of sp³-hybridized carbons (Fsp3) is 0.364. The van der Waals surface area contributed by atoms with E-state index < -0.39 is 0 Å². The number of ether oxygens (including phenoxy) is 3. The molecule has 10 heteroatoms. The van der Waals surface area contributed by atoms with Crippen molar-refractivity contribution in [2.75, 3.05) is 52.9 Å². The fourth-order valence-electron chi connectivity index (χ4n) is 2.98. The van der Waals surface area contributed by atoms with Crippen LogP contribution in [0.3, 0.4) is 0 Å². The number of amides is 1. The van der Waals surface area contributed by atoms with Gasteiger partial charge in [-0.05, 0) is 51.3 Å². The number of carbonyl (C=O) groups excluding carboxylic acids is 1. The van der Waals surface area contributed by atoms with Crippen LogP contribution in [0.25, 0.3) is 10.2 Å². The summed E-state index contributed by atoms with van der Waals surface area (Å²) in [7, 11) is 7.19. The largest absolute Gasteiger partial charge is 0.493 e. The molecule has 7 nitrogen and oxygen atoms in total. The van der Waals surface area contributed by atoms with Crippen LogP contribution < -0.4 is 19.1 Å². The molecule has 0 atom stereocenters. The molecule has 0 spiro atoms. The van der Waals surface area contributed by atoms with Crippen LogP contribution in [0.5, 0.6) is 17.2 Å². The van der Waals surface area contributed by atoms with Gasteiger partial charge in [0.05, 0.1) is 24.4 Å². The Morgan fingerprint density at radius 2 is 1.72 bits per heavy atom. The topological polar surface area (TPSA) is 64.1 Å². The first kappa shape index (κ1) is 26.0. The Morgan fingerprint density at radius 3 is 2.34 bits per heavy atom. The van der Waals surface area contributed by atoms with Crippen LogP contribution in [-0.4, -0.2) is 63.8 Å². The van der Waals surface area contributed by atoms with Crippen LogP contribution >= 0.6 is 35.3 Å². The molecule has 3 aromatic rings. The normalized spacial score (nSPS) is 10.7. The molecule has 0 radical (unpaired) electrons. The molecule has 0 fully saturated rings. The van der Waals surface area contributed by atoms with E-state index in [9.17, 15) is 4.79 Å². The summed E-state index contributed by atoms with van der Waals surface area (Å²) in [4.78, 5) is 21.5. The Hall–Kier alpha value is -2.26. The van der Waals surface area contributed by atoms with Gasteiger partial charge in [0.1, 0.15) is 5.75 Å². The Kier molecular flexibility index (Phi) is 9.84. The molecule has 174 valence electrons. The van der Waals surface area contributed by atoms with Gasteiger partial charge in [-0.25, -0.2) is 4.98 Å². The summed E-state index contributed by atoms with van der Waals surface area (Å²) in [5, 5.41) is 1.23. The summed E-state index contributed by atoms with van der Waals surface area (Å²) in [6.07, 6.45) is 0.808. The highest BCUT2D eigenvalue weighted by Crippen LogP contribution is 2.37. The van der Waals surface area contributed by atoms with Gasteiger partial charge in [-0.15, -0.1) is 12.4 Å². The second-order valence-electron chi connectivity index (χ2n) is 7.12. The smallest absolute Gasteiger partial charge is 0.266 e. The van der Waals surface area contributed by atoms with Gasteiger partial charge in [-0.3, -0.25) is 9.69 Å².